The third-order valence-corrected chi connectivity index (χ3v) is 9.57. The summed E-state index contributed by atoms with van der Waals surface area (Å²) in [5, 5.41) is 13.8. The number of likely N-dealkylation sites (tertiary alicyclic amines) is 2. The number of aliphatic carboxylic acids is 1. The van der Waals surface area contributed by atoms with Crippen LogP contribution in [0.2, 0.25) is 5.02 Å². The van der Waals surface area contributed by atoms with Crippen LogP contribution in [0.15, 0.2) is 72.8 Å². The number of carbonyl (C=O) groups excluding carboxylic acids is 1. The summed E-state index contributed by atoms with van der Waals surface area (Å²) in [6, 6.07) is 23.9. The van der Waals surface area contributed by atoms with Gasteiger partial charge in [0.1, 0.15) is 17.0 Å². The third kappa shape index (κ3) is 7.06. The fourth-order valence-electron chi connectivity index (χ4n) is 6.28. The molecule has 0 radical (unpaired) electrons. The molecule has 0 spiro atoms. The Morgan fingerprint density at radius 3 is 2.30 bits per heavy atom. The minimum absolute atomic E-state index is 0.0620. The number of amides is 1. The van der Waals surface area contributed by atoms with Gasteiger partial charge in [0.15, 0.2) is 0 Å². The summed E-state index contributed by atoms with van der Waals surface area (Å²) < 4.78 is 6.02. The number of benzene rings is 3. The van der Waals surface area contributed by atoms with Gasteiger partial charge in [-0.15, -0.1) is 0 Å². The number of ether oxygens (including phenoxy) is 1. The first-order chi connectivity index (χ1) is 20.6. The van der Waals surface area contributed by atoms with Gasteiger partial charge >= 0.3 is 5.97 Å². The SMILES string of the molecule is Cc1ccc(C2(C(=O)NC3CCN(Cc4cccc(Oc5ccccc5Cl)c4)CC3)CCN(C(C)(C)C(=O)O)CC2)cc1. The lowest BCUT2D eigenvalue weighted by Gasteiger charge is -2.46. The maximum atomic E-state index is 14.1. The Balaban J connectivity index is 1.20. The summed E-state index contributed by atoms with van der Waals surface area (Å²) in [7, 11) is 0. The lowest BCUT2D eigenvalue weighted by atomic mass is 9.71. The predicted molar refractivity (Wildman–Crippen MR) is 170 cm³/mol. The van der Waals surface area contributed by atoms with E-state index in [1.54, 1.807) is 13.8 Å². The van der Waals surface area contributed by atoms with Crippen molar-refractivity contribution in [2.24, 2.45) is 0 Å². The number of carboxylic acids is 1. The number of carboxylic acid groups (broad SMARTS) is 1. The van der Waals surface area contributed by atoms with E-state index in [0.717, 1.165) is 49.4 Å². The first kappa shape index (κ1) is 31.0. The molecule has 0 atom stereocenters. The molecule has 2 heterocycles. The topological polar surface area (TPSA) is 82.1 Å². The second-order valence-corrected chi connectivity index (χ2v) is 12.9. The Kier molecular flexibility index (Phi) is 9.45. The summed E-state index contributed by atoms with van der Waals surface area (Å²) in [5.74, 6) is 0.614. The summed E-state index contributed by atoms with van der Waals surface area (Å²) in [4.78, 5) is 30.4. The molecule has 2 saturated heterocycles. The van der Waals surface area contributed by atoms with Gasteiger partial charge in [-0.05, 0) is 81.8 Å². The molecule has 0 aromatic heterocycles. The van der Waals surface area contributed by atoms with E-state index in [0.29, 0.717) is 36.7 Å². The van der Waals surface area contributed by atoms with Crippen LogP contribution in [0.3, 0.4) is 0 Å². The Labute approximate surface area is 259 Å². The second-order valence-electron chi connectivity index (χ2n) is 12.5. The minimum Gasteiger partial charge on any atom is -0.480 e. The molecule has 7 nitrogen and oxygen atoms in total. The molecule has 0 saturated carbocycles. The molecule has 0 bridgehead atoms. The largest absolute Gasteiger partial charge is 0.480 e. The van der Waals surface area contributed by atoms with Crippen LogP contribution in [0.5, 0.6) is 11.5 Å². The highest BCUT2D eigenvalue weighted by molar-refractivity contribution is 6.32. The van der Waals surface area contributed by atoms with Gasteiger partial charge in [0.25, 0.3) is 0 Å². The molecule has 0 unspecified atom stereocenters. The van der Waals surface area contributed by atoms with Crippen molar-refractivity contribution in [3.05, 3.63) is 94.5 Å². The van der Waals surface area contributed by atoms with Gasteiger partial charge in [-0.2, -0.15) is 0 Å². The van der Waals surface area contributed by atoms with Crippen LogP contribution in [-0.4, -0.2) is 64.5 Å². The number of aryl methyl sites for hydroxylation is 1. The molecule has 43 heavy (non-hydrogen) atoms. The van der Waals surface area contributed by atoms with Crippen LogP contribution in [0.4, 0.5) is 0 Å². The van der Waals surface area contributed by atoms with Gasteiger partial charge in [0.2, 0.25) is 5.91 Å². The van der Waals surface area contributed by atoms with Gasteiger partial charge in [-0.25, -0.2) is 0 Å². The van der Waals surface area contributed by atoms with Gasteiger partial charge in [-0.3, -0.25) is 19.4 Å². The molecular weight excluding hydrogens is 562 g/mol. The Morgan fingerprint density at radius 1 is 0.977 bits per heavy atom. The van der Waals surface area contributed by atoms with Crippen molar-refractivity contribution in [1.82, 2.24) is 15.1 Å². The molecule has 228 valence electrons. The number of nitrogens with zero attached hydrogens (tertiary/aromatic N) is 2. The summed E-state index contributed by atoms with van der Waals surface area (Å²) in [5.41, 5.74) is 1.69. The summed E-state index contributed by atoms with van der Waals surface area (Å²) >= 11 is 6.27. The number of nitrogens with one attached hydrogen (secondary N) is 1. The maximum absolute atomic E-state index is 14.1. The van der Waals surface area contributed by atoms with E-state index < -0.39 is 16.9 Å². The normalized spacial score (nSPS) is 18.2. The number of para-hydroxylation sites is 1. The first-order valence-corrected chi connectivity index (χ1v) is 15.5. The highest BCUT2D eigenvalue weighted by Crippen LogP contribution is 2.38. The quantitative estimate of drug-likeness (QED) is 0.294. The van der Waals surface area contributed by atoms with Crippen LogP contribution in [-0.2, 0) is 21.5 Å². The van der Waals surface area contributed by atoms with Crippen molar-refractivity contribution in [2.45, 2.75) is 70.0 Å². The standard InChI is InChI=1S/C35H42ClN3O4/c1-25-11-13-27(14-12-25)35(17-21-39(22-18-35)34(2,3)33(41)42)32(40)37-28-15-19-38(20-16-28)24-26-7-6-8-29(23-26)43-31-10-5-4-9-30(31)36/h4-14,23,28H,15-22,24H2,1-3H3,(H,37,40)(H,41,42). The zero-order valence-corrected chi connectivity index (χ0v) is 26.1. The fourth-order valence-corrected chi connectivity index (χ4v) is 6.46. The smallest absolute Gasteiger partial charge is 0.323 e. The maximum Gasteiger partial charge on any atom is 0.323 e. The Bertz CT molecular complexity index is 1430. The lowest BCUT2D eigenvalue weighted by molar-refractivity contribution is -0.151. The number of halogens is 1. The zero-order valence-electron chi connectivity index (χ0n) is 25.3. The number of carbonyl (C=O) groups is 2. The zero-order chi connectivity index (χ0) is 30.6. The minimum atomic E-state index is -0.969. The van der Waals surface area contributed by atoms with Gasteiger partial charge < -0.3 is 15.2 Å². The van der Waals surface area contributed by atoms with E-state index in [1.807, 2.05) is 48.2 Å². The third-order valence-electron chi connectivity index (χ3n) is 9.26. The van der Waals surface area contributed by atoms with E-state index in [-0.39, 0.29) is 11.9 Å². The van der Waals surface area contributed by atoms with E-state index >= 15 is 0 Å². The van der Waals surface area contributed by atoms with Crippen LogP contribution in [0.1, 0.15) is 56.2 Å². The highest BCUT2D eigenvalue weighted by atomic mass is 35.5. The molecule has 3 aromatic carbocycles. The first-order valence-electron chi connectivity index (χ1n) is 15.2. The van der Waals surface area contributed by atoms with E-state index in [2.05, 4.69) is 46.6 Å². The van der Waals surface area contributed by atoms with Gasteiger partial charge in [0.05, 0.1) is 10.4 Å². The van der Waals surface area contributed by atoms with Gasteiger partial charge in [0, 0.05) is 38.8 Å². The Morgan fingerprint density at radius 2 is 1.65 bits per heavy atom. The molecule has 5 rings (SSSR count). The summed E-state index contributed by atoms with van der Waals surface area (Å²) in [6.07, 6.45) is 2.93. The molecule has 3 aromatic rings. The van der Waals surface area contributed by atoms with E-state index in [9.17, 15) is 14.7 Å². The second kappa shape index (κ2) is 13.1. The number of hydrogen-bond acceptors (Lipinski definition) is 5. The monoisotopic (exact) mass is 603 g/mol. The molecule has 2 fully saturated rings. The number of piperidine rings is 2. The van der Waals surface area contributed by atoms with Crippen molar-refractivity contribution >= 4 is 23.5 Å². The van der Waals surface area contributed by atoms with Gasteiger partial charge in [-0.1, -0.05) is 65.7 Å². The summed E-state index contributed by atoms with van der Waals surface area (Å²) in [6.45, 7) is 9.22. The van der Waals surface area contributed by atoms with Crippen LogP contribution < -0.4 is 10.1 Å². The Hall–Kier alpha value is -3.39. The predicted octanol–water partition coefficient (Wildman–Crippen LogP) is 6.42. The molecule has 2 aliphatic heterocycles. The molecule has 0 aliphatic carbocycles. The van der Waals surface area contributed by atoms with E-state index in [4.69, 9.17) is 16.3 Å². The lowest BCUT2D eigenvalue weighted by Crippen LogP contribution is -2.59. The molecule has 8 heteroatoms. The molecule has 2 N–H and O–H groups in total. The van der Waals surface area contributed by atoms with Crippen molar-refractivity contribution in [1.29, 1.82) is 0 Å². The molecule has 2 aliphatic rings. The van der Waals surface area contributed by atoms with Crippen LogP contribution >= 0.6 is 11.6 Å². The van der Waals surface area contributed by atoms with E-state index in [1.165, 1.54) is 5.56 Å². The average molecular weight is 604 g/mol. The molecular formula is C35H42ClN3O4. The number of rotatable bonds is 9. The van der Waals surface area contributed by atoms with Crippen LogP contribution in [0, 0.1) is 6.92 Å². The molecule has 1 amide bonds. The van der Waals surface area contributed by atoms with Crippen molar-refractivity contribution in [3.63, 3.8) is 0 Å². The van der Waals surface area contributed by atoms with Crippen molar-refractivity contribution in [2.75, 3.05) is 26.2 Å². The van der Waals surface area contributed by atoms with Crippen LogP contribution in [0.25, 0.3) is 0 Å². The highest BCUT2D eigenvalue weighted by Gasteiger charge is 2.47. The van der Waals surface area contributed by atoms with Crippen molar-refractivity contribution < 1.29 is 19.4 Å². The fraction of sp³-hybridized carbons (Fsp3) is 0.429. The number of hydrogen-bond donors (Lipinski definition) is 2. The average Bonchev–Trinajstić information content (AvgIpc) is 3.00. The van der Waals surface area contributed by atoms with Crippen molar-refractivity contribution in [3.8, 4) is 11.5 Å².